The van der Waals surface area contributed by atoms with E-state index in [2.05, 4.69) is 10.6 Å². The van der Waals surface area contributed by atoms with Gasteiger partial charge in [0.15, 0.2) is 0 Å². The summed E-state index contributed by atoms with van der Waals surface area (Å²) in [5.74, 6) is -0.0698. The highest BCUT2D eigenvalue weighted by Crippen LogP contribution is 2.29. The van der Waals surface area contributed by atoms with E-state index in [9.17, 15) is 9.59 Å². The summed E-state index contributed by atoms with van der Waals surface area (Å²) in [6.45, 7) is 3.19. The van der Waals surface area contributed by atoms with Crippen molar-refractivity contribution in [1.29, 1.82) is 0 Å². The number of hydrogen-bond donors (Lipinski definition) is 2. The average Bonchev–Trinajstić information content (AvgIpc) is 3.20. The van der Waals surface area contributed by atoms with Crippen LogP contribution < -0.4 is 10.6 Å². The molecule has 2 saturated heterocycles. The van der Waals surface area contributed by atoms with E-state index in [1.54, 1.807) is 16.2 Å². The standard InChI is InChI=1S/C15H21N3O3S/c19-14(17-7-9-18-8-2-10-21-15(18)20)13-5-4-12(22-13)11-3-1-6-16-11/h4-5,11,16H,1-3,6-10H2,(H,17,19)/t11-/m0/s1. The van der Waals surface area contributed by atoms with Crippen LogP contribution in [0.2, 0.25) is 0 Å². The predicted octanol–water partition coefficient (Wildman–Crippen LogP) is 1.74. The molecule has 1 aromatic rings. The molecule has 2 amide bonds. The highest BCUT2D eigenvalue weighted by Gasteiger charge is 2.21. The molecule has 1 atom stereocenters. The molecule has 3 rings (SSSR count). The molecule has 3 heterocycles. The number of amides is 2. The highest BCUT2D eigenvalue weighted by molar-refractivity contribution is 7.14. The normalized spacial score (nSPS) is 21.7. The number of thiophene rings is 1. The Labute approximate surface area is 133 Å². The van der Waals surface area contributed by atoms with Gasteiger partial charge in [0.1, 0.15) is 0 Å². The Bertz CT molecular complexity index is 540. The molecule has 0 radical (unpaired) electrons. The lowest BCUT2D eigenvalue weighted by atomic mass is 10.2. The lowest BCUT2D eigenvalue weighted by Gasteiger charge is -2.26. The van der Waals surface area contributed by atoms with E-state index in [1.807, 2.05) is 12.1 Å². The van der Waals surface area contributed by atoms with Crippen LogP contribution in [0.4, 0.5) is 4.79 Å². The fraction of sp³-hybridized carbons (Fsp3) is 0.600. The van der Waals surface area contributed by atoms with Gasteiger partial charge in [0.2, 0.25) is 0 Å². The van der Waals surface area contributed by atoms with E-state index in [0.717, 1.165) is 24.3 Å². The van der Waals surface area contributed by atoms with Gasteiger partial charge in [-0.1, -0.05) is 0 Å². The third-order valence-corrected chi connectivity index (χ3v) is 5.18. The van der Waals surface area contributed by atoms with Crippen molar-refractivity contribution in [2.75, 3.05) is 32.8 Å². The first-order valence-corrected chi connectivity index (χ1v) is 8.59. The summed E-state index contributed by atoms with van der Waals surface area (Å²) in [5.41, 5.74) is 0. The maximum atomic E-state index is 12.1. The third-order valence-electron chi connectivity index (χ3n) is 3.98. The van der Waals surface area contributed by atoms with Crippen LogP contribution in [0.25, 0.3) is 0 Å². The molecule has 0 spiro atoms. The molecule has 6 nitrogen and oxygen atoms in total. The summed E-state index contributed by atoms with van der Waals surface area (Å²) in [5, 5.41) is 6.31. The van der Waals surface area contributed by atoms with Gasteiger partial charge in [-0.2, -0.15) is 0 Å². The fourth-order valence-corrected chi connectivity index (χ4v) is 3.82. The molecule has 0 aliphatic carbocycles. The Hall–Kier alpha value is -1.60. The first-order chi connectivity index (χ1) is 10.7. The van der Waals surface area contributed by atoms with Gasteiger partial charge in [0, 0.05) is 30.6 Å². The van der Waals surface area contributed by atoms with Crippen molar-refractivity contribution >= 4 is 23.3 Å². The van der Waals surface area contributed by atoms with Crippen molar-refractivity contribution in [2.45, 2.75) is 25.3 Å². The molecule has 0 aromatic carbocycles. The number of nitrogens with zero attached hydrogens (tertiary/aromatic N) is 1. The first-order valence-electron chi connectivity index (χ1n) is 7.77. The minimum atomic E-state index is -0.286. The van der Waals surface area contributed by atoms with Crippen LogP contribution in [0, 0.1) is 0 Å². The van der Waals surface area contributed by atoms with Crippen LogP contribution in [-0.2, 0) is 4.74 Å². The monoisotopic (exact) mass is 323 g/mol. The van der Waals surface area contributed by atoms with Crippen molar-refractivity contribution in [3.8, 4) is 0 Å². The highest BCUT2D eigenvalue weighted by atomic mass is 32.1. The van der Waals surface area contributed by atoms with Gasteiger partial charge >= 0.3 is 6.09 Å². The van der Waals surface area contributed by atoms with Gasteiger partial charge in [0.25, 0.3) is 5.91 Å². The van der Waals surface area contributed by atoms with Crippen LogP contribution >= 0.6 is 11.3 Å². The van der Waals surface area contributed by atoms with Gasteiger partial charge in [-0.15, -0.1) is 11.3 Å². The number of hydrogen-bond acceptors (Lipinski definition) is 5. The van der Waals surface area contributed by atoms with Gasteiger partial charge in [-0.05, 0) is 37.9 Å². The van der Waals surface area contributed by atoms with Crippen molar-refractivity contribution in [3.63, 3.8) is 0 Å². The van der Waals surface area contributed by atoms with Crippen molar-refractivity contribution in [2.24, 2.45) is 0 Å². The van der Waals surface area contributed by atoms with Gasteiger partial charge in [-0.25, -0.2) is 4.79 Å². The molecule has 1 aromatic heterocycles. The van der Waals surface area contributed by atoms with Gasteiger partial charge < -0.3 is 20.3 Å². The zero-order valence-electron chi connectivity index (χ0n) is 12.5. The van der Waals surface area contributed by atoms with Gasteiger partial charge in [-0.3, -0.25) is 4.79 Å². The number of nitrogens with one attached hydrogen (secondary N) is 2. The van der Waals surface area contributed by atoms with Crippen LogP contribution in [0.15, 0.2) is 12.1 Å². The fourth-order valence-electron chi connectivity index (χ4n) is 2.78. The minimum absolute atomic E-state index is 0.0698. The van der Waals surface area contributed by atoms with Crippen molar-refractivity contribution in [1.82, 2.24) is 15.5 Å². The average molecular weight is 323 g/mol. The minimum Gasteiger partial charge on any atom is -0.449 e. The predicted molar refractivity (Wildman–Crippen MR) is 84.2 cm³/mol. The molecule has 2 aliphatic rings. The molecular formula is C15H21N3O3S. The van der Waals surface area contributed by atoms with Crippen LogP contribution in [0.5, 0.6) is 0 Å². The lowest BCUT2D eigenvalue weighted by Crippen LogP contribution is -2.42. The zero-order chi connectivity index (χ0) is 15.4. The number of carbonyl (C=O) groups excluding carboxylic acids is 2. The Morgan fingerprint density at radius 3 is 3.14 bits per heavy atom. The van der Waals surface area contributed by atoms with Crippen molar-refractivity contribution in [3.05, 3.63) is 21.9 Å². The molecule has 0 bridgehead atoms. The number of carbonyl (C=O) groups is 2. The van der Waals surface area contributed by atoms with E-state index < -0.39 is 0 Å². The second-order valence-electron chi connectivity index (χ2n) is 5.56. The molecular weight excluding hydrogens is 302 g/mol. The summed E-state index contributed by atoms with van der Waals surface area (Å²) in [7, 11) is 0. The summed E-state index contributed by atoms with van der Waals surface area (Å²) in [4.78, 5) is 27.2. The van der Waals surface area contributed by atoms with Crippen LogP contribution in [-0.4, -0.2) is 49.7 Å². The lowest BCUT2D eigenvalue weighted by molar-refractivity contribution is 0.0720. The summed E-state index contributed by atoms with van der Waals surface area (Å²) in [6.07, 6.45) is 2.89. The largest absolute Gasteiger partial charge is 0.449 e. The molecule has 120 valence electrons. The topological polar surface area (TPSA) is 70.7 Å². The summed E-state index contributed by atoms with van der Waals surface area (Å²) in [6, 6.07) is 4.31. The van der Waals surface area contributed by atoms with E-state index >= 15 is 0 Å². The number of cyclic esters (lactones) is 1. The molecule has 22 heavy (non-hydrogen) atoms. The SMILES string of the molecule is O=C(NCCN1CCCOC1=O)c1ccc([C@@H]2CCCN2)s1. The van der Waals surface area contributed by atoms with Gasteiger partial charge in [0.05, 0.1) is 11.5 Å². The summed E-state index contributed by atoms with van der Waals surface area (Å²) >= 11 is 1.55. The number of ether oxygens (including phenoxy) is 1. The molecule has 2 N–H and O–H groups in total. The second kappa shape index (κ2) is 7.11. The van der Waals surface area contributed by atoms with E-state index in [4.69, 9.17) is 4.74 Å². The molecule has 0 unspecified atom stereocenters. The Morgan fingerprint density at radius 1 is 1.45 bits per heavy atom. The second-order valence-corrected chi connectivity index (χ2v) is 6.68. The zero-order valence-corrected chi connectivity index (χ0v) is 13.3. The Kier molecular flexibility index (Phi) is 4.94. The van der Waals surface area contributed by atoms with E-state index in [1.165, 1.54) is 11.3 Å². The summed E-state index contributed by atoms with van der Waals surface area (Å²) < 4.78 is 4.96. The maximum Gasteiger partial charge on any atom is 0.409 e. The van der Waals surface area contributed by atoms with Crippen molar-refractivity contribution < 1.29 is 14.3 Å². The van der Waals surface area contributed by atoms with Crippen LogP contribution in [0.3, 0.4) is 0 Å². The smallest absolute Gasteiger partial charge is 0.409 e. The van der Waals surface area contributed by atoms with Crippen LogP contribution in [0.1, 0.15) is 39.9 Å². The first kappa shape index (κ1) is 15.3. The van der Waals surface area contributed by atoms with E-state index in [0.29, 0.717) is 32.3 Å². The molecule has 2 fully saturated rings. The number of rotatable bonds is 5. The maximum absolute atomic E-state index is 12.1. The van der Waals surface area contributed by atoms with E-state index in [-0.39, 0.29) is 12.0 Å². The third kappa shape index (κ3) is 3.59. The Morgan fingerprint density at radius 2 is 2.36 bits per heavy atom. The Balaban J connectivity index is 1.46. The molecule has 7 heteroatoms. The quantitative estimate of drug-likeness (QED) is 0.866. The molecule has 2 aliphatic heterocycles. The molecule has 0 saturated carbocycles.